The van der Waals surface area contributed by atoms with Crippen LogP contribution in [-0.2, 0) is 6.18 Å². The second kappa shape index (κ2) is 4.26. The largest absolute Gasteiger partial charge is 0.491 e. The maximum absolute atomic E-state index is 13.2. The maximum Gasteiger partial charge on any atom is 0.419 e. The highest BCUT2D eigenvalue weighted by Gasteiger charge is 2.36. The van der Waals surface area contributed by atoms with Crippen molar-refractivity contribution in [3.63, 3.8) is 0 Å². The van der Waals surface area contributed by atoms with Crippen molar-refractivity contribution in [2.75, 3.05) is 6.61 Å². The molecule has 0 atom stereocenters. The lowest BCUT2D eigenvalue weighted by Crippen LogP contribution is -2.09. The molecule has 0 saturated carbocycles. The van der Waals surface area contributed by atoms with Gasteiger partial charge < -0.3 is 4.74 Å². The van der Waals surface area contributed by atoms with Gasteiger partial charge in [-0.25, -0.2) is 4.39 Å². The first-order chi connectivity index (χ1) is 6.86. The molecule has 0 unspecified atom stereocenters. The summed E-state index contributed by atoms with van der Waals surface area (Å²) in [5.74, 6) is -1.92. The lowest BCUT2D eigenvalue weighted by Gasteiger charge is -2.12. The molecule has 15 heavy (non-hydrogen) atoms. The Morgan fingerprint density at radius 1 is 1.33 bits per heavy atom. The summed E-state index contributed by atoms with van der Waals surface area (Å²) in [5.41, 5.74) is -1.42. The highest BCUT2D eigenvalue weighted by Crippen LogP contribution is 2.37. The molecule has 0 aliphatic carbocycles. The van der Waals surface area contributed by atoms with E-state index in [9.17, 15) is 17.6 Å². The molecule has 0 fully saturated rings. The third-order valence-corrected chi connectivity index (χ3v) is 1.83. The standard InChI is InChI=1S/C9H7ClF4O/c1-2-15-7-4-5(10)3-6(8(7)11)9(12,13)14/h3-4H,2H2,1H3. The van der Waals surface area contributed by atoms with Crippen LogP contribution in [0.15, 0.2) is 12.1 Å². The van der Waals surface area contributed by atoms with Gasteiger partial charge in [0.25, 0.3) is 0 Å². The molecule has 0 spiro atoms. The molecule has 84 valence electrons. The zero-order chi connectivity index (χ0) is 11.6. The summed E-state index contributed by atoms with van der Waals surface area (Å²) in [6, 6.07) is 1.54. The monoisotopic (exact) mass is 242 g/mol. The van der Waals surface area contributed by atoms with Crippen LogP contribution in [0.4, 0.5) is 17.6 Å². The molecular weight excluding hydrogens is 236 g/mol. The summed E-state index contributed by atoms with van der Waals surface area (Å²) >= 11 is 5.42. The number of rotatable bonds is 2. The summed E-state index contributed by atoms with van der Waals surface area (Å²) in [5, 5.41) is -0.216. The molecule has 1 aromatic carbocycles. The summed E-state index contributed by atoms with van der Waals surface area (Å²) in [6.07, 6.45) is -4.78. The van der Waals surface area contributed by atoms with Gasteiger partial charge in [-0.15, -0.1) is 0 Å². The molecule has 6 heteroatoms. The van der Waals surface area contributed by atoms with E-state index in [1.807, 2.05) is 0 Å². The fourth-order valence-electron chi connectivity index (χ4n) is 1.03. The number of hydrogen-bond donors (Lipinski definition) is 0. The Morgan fingerprint density at radius 2 is 1.93 bits per heavy atom. The van der Waals surface area contributed by atoms with Gasteiger partial charge >= 0.3 is 6.18 Å². The smallest absolute Gasteiger partial charge is 0.419 e. The van der Waals surface area contributed by atoms with E-state index in [0.717, 1.165) is 6.07 Å². The van der Waals surface area contributed by atoms with Crippen molar-refractivity contribution in [2.24, 2.45) is 0 Å². The van der Waals surface area contributed by atoms with Crippen molar-refractivity contribution in [1.29, 1.82) is 0 Å². The van der Waals surface area contributed by atoms with Crippen LogP contribution < -0.4 is 4.74 Å². The summed E-state index contributed by atoms with van der Waals surface area (Å²) in [6.45, 7) is 1.60. The number of hydrogen-bond acceptors (Lipinski definition) is 1. The molecule has 1 aromatic rings. The van der Waals surface area contributed by atoms with Crippen molar-refractivity contribution < 1.29 is 22.3 Å². The van der Waals surface area contributed by atoms with Crippen molar-refractivity contribution in [3.8, 4) is 5.75 Å². The van der Waals surface area contributed by atoms with Crippen molar-refractivity contribution in [2.45, 2.75) is 13.1 Å². The first-order valence-electron chi connectivity index (χ1n) is 4.05. The van der Waals surface area contributed by atoms with E-state index < -0.39 is 23.3 Å². The molecule has 0 aliphatic rings. The van der Waals surface area contributed by atoms with E-state index in [0.29, 0.717) is 6.07 Å². The van der Waals surface area contributed by atoms with Gasteiger partial charge in [-0.05, 0) is 13.0 Å². The lowest BCUT2D eigenvalue weighted by atomic mass is 10.2. The van der Waals surface area contributed by atoms with E-state index in [2.05, 4.69) is 0 Å². The summed E-state index contributed by atoms with van der Waals surface area (Å²) < 4.78 is 54.8. The summed E-state index contributed by atoms with van der Waals surface area (Å²) in [7, 11) is 0. The van der Waals surface area contributed by atoms with Gasteiger partial charge in [0, 0.05) is 11.1 Å². The quantitative estimate of drug-likeness (QED) is 0.715. The Hall–Kier alpha value is -0.970. The zero-order valence-electron chi connectivity index (χ0n) is 7.66. The normalized spacial score (nSPS) is 11.6. The molecule has 0 amide bonds. The average Bonchev–Trinajstić information content (AvgIpc) is 2.09. The van der Waals surface area contributed by atoms with Crippen molar-refractivity contribution in [3.05, 3.63) is 28.5 Å². The average molecular weight is 243 g/mol. The van der Waals surface area contributed by atoms with Crippen LogP contribution in [0.25, 0.3) is 0 Å². The number of alkyl halides is 3. The lowest BCUT2D eigenvalue weighted by molar-refractivity contribution is -0.140. The van der Waals surface area contributed by atoms with Crippen LogP contribution in [-0.4, -0.2) is 6.61 Å². The topological polar surface area (TPSA) is 9.23 Å². The first-order valence-corrected chi connectivity index (χ1v) is 4.43. The van der Waals surface area contributed by atoms with E-state index in [4.69, 9.17) is 16.3 Å². The van der Waals surface area contributed by atoms with Gasteiger partial charge in [0.1, 0.15) is 0 Å². The third kappa shape index (κ3) is 2.75. The highest BCUT2D eigenvalue weighted by atomic mass is 35.5. The zero-order valence-corrected chi connectivity index (χ0v) is 8.42. The molecular formula is C9H7ClF4O. The van der Waals surface area contributed by atoms with E-state index in [1.165, 1.54) is 6.92 Å². The van der Waals surface area contributed by atoms with Crippen molar-refractivity contribution >= 4 is 11.6 Å². The van der Waals surface area contributed by atoms with Crippen LogP contribution >= 0.6 is 11.6 Å². The highest BCUT2D eigenvalue weighted by molar-refractivity contribution is 6.30. The third-order valence-electron chi connectivity index (χ3n) is 1.61. The van der Waals surface area contributed by atoms with Crippen LogP contribution in [0.3, 0.4) is 0 Å². The molecule has 0 N–H and O–H groups in total. The molecule has 0 aliphatic heterocycles. The van der Waals surface area contributed by atoms with Gasteiger partial charge in [-0.1, -0.05) is 11.6 Å². The second-order valence-corrected chi connectivity index (χ2v) is 3.13. The minimum absolute atomic E-state index is 0.0640. The van der Waals surface area contributed by atoms with Gasteiger partial charge in [0.05, 0.1) is 12.2 Å². The van der Waals surface area contributed by atoms with E-state index in [-0.39, 0.29) is 11.6 Å². The Labute approximate surface area is 88.6 Å². The Morgan fingerprint density at radius 3 is 2.40 bits per heavy atom. The Kier molecular flexibility index (Phi) is 3.44. The van der Waals surface area contributed by atoms with E-state index >= 15 is 0 Å². The summed E-state index contributed by atoms with van der Waals surface area (Å²) in [4.78, 5) is 0. The molecule has 1 nitrogen and oxygen atoms in total. The minimum Gasteiger partial charge on any atom is -0.491 e. The number of benzene rings is 1. The van der Waals surface area contributed by atoms with Crippen LogP contribution in [0, 0.1) is 5.82 Å². The van der Waals surface area contributed by atoms with Crippen LogP contribution in [0.2, 0.25) is 5.02 Å². The molecule has 0 bridgehead atoms. The van der Waals surface area contributed by atoms with Crippen LogP contribution in [0.1, 0.15) is 12.5 Å². The molecule has 1 rings (SSSR count). The van der Waals surface area contributed by atoms with Gasteiger partial charge in [0.15, 0.2) is 11.6 Å². The fourth-order valence-corrected chi connectivity index (χ4v) is 1.24. The van der Waals surface area contributed by atoms with Crippen LogP contribution in [0.5, 0.6) is 5.75 Å². The number of halogens is 5. The van der Waals surface area contributed by atoms with Gasteiger partial charge in [-0.2, -0.15) is 13.2 Å². The fraction of sp³-hybridized carbons (Fsp3) is 0.333. The SMILES string of the molecule is CCOc1cc(Cl)cc(C(F)(F)F)c1F. The minimum atomic E-state index is -4.78. The van der Waals surface area contributed by atoms with E-state index in [1.54, 1.807) is 0 Å². The molecule has 0 heterocycles. The Balaban J connectivity index is 3.28. The first kappa shape index (κ1) is 12.1. The molecule has 0 saturated heterocycles. The predicted molar refractivity (Wildman–Crippen MR) is 47.6 cm³/mol. The second-order valence-electron chi connectivity index (χ2n) is 2.70. The maximum atomic E-state index is 13.2. The van der Waals surface area contributed by atoms with Gasteiger partial charge in [0.2, 0.25) is 0 Å². The predicted octanol–water partition coefficient (Wildman–Crippen LogP) is 3.90. The van der Waals surface area contributed by atoms with Gasteiger partial charge in [-0.3, -0.25) is 0 Å². The molecule has 0 aromatic heterocycles. The molecule has 0 radical (unpaired) electrons. The number of ether oxygens (including phenoxy) is 1. The van der Waals surface area contributed by atoms with Crippen molar-refractivity contribution in [1.82, 2.24) is 0 Å². The Bertz CT molecular complexity index is 362.